The summed E-state index contributed by atoms with van der Waals surface area (Å²) in [6.07, 6.45) is -21.9. The van der Waals surface area contributed by atoms with E-state index in [1.54, 1.807) is 6.92 Å². The average Bonchev–Trinajstić information content (AvgIpc) is 1.58. The van der Waals surface area contributed by atoms with E-state index in [-0.39, 0.29) is 76.9 Å². The van der Waals surface area contributed by atoms with E-state index in [2.05, 4.69) is 34.9 Å². The Labute approximate surface area is 833 Å². The standard InChI is InChI=1S/C72H98N15O41P7S7/c1-10-38-39(11-52(115-38)82-19-32(3)60(88)75-67(82)95)123-130(102,137)109-26-48-42(14-55(118-48)84-21-34(5)62(90)77-69(84)97)126-134(106,141)113-29-51-45(17-58(121-51)87-24-37(8)65(93)80-72(87)100)128-135(107,142)114-30-50-44(16-57(120-50)86-23-36(7)64(92)79-71(86)99)127-133(105,140)111-27-47-41(13-53(117-47)81-18-31(2)59(73)74-66(81)94)124-132(104,139)112-28-49-43(15-56(119-49)85-22-35(6)63(91)78-70(85)98)125-131(103,138)110-25-46-40(122-129(101,136)108-9)12-54(116-46)83-20-33(4)61(89)76-68(83)96/h18-24,38-58H,10-17,25-30H2,1-9H3,(H,101,136)(H,102,137)(H,103,138)(H,104,139)(H,105,140)(H,106,141)(H,107,142)(H2,73,74,94)(H,75,88,95)(H,76,89,96)(H,77,90,97)(H,78,91,98)(H,79,92,99)(H,80,93,100)/t38-,39?,40?,41?,42?,43?,44?,45?,46-,47-,48-,49-,50-,51-,52-,53-,54-,55-,56-,57-,58-,129?,130?,131?,132?,133?,134?,135?/m1/s1. The first-order chi connectivity index (χ1) is 66.4. The van der Waals surface area contributed by atoms with Gasteiger partial charge in [0.2, 0.25) is 0 Å². The molecule has 0 spiro atoms. The minimum absolute atomic E-state index is 0.0114. The SMILES string of the molecule is CC[C@H]1O[C@@H](n2cc(C)c(=O)[nH]c2=O)CC1OP(O)(=S)OC[C@H]1O[C@@H](n2cc(C)c(=O)[nH]c2=O)CC1OP(O)(=S)OC[C@H]1O[C@@H](n2cc(C)c(=O)[nH]c2=O)CC1OP(O)(=S)OC[C@H]1O[C@@H](n2cc(C)c(=O)[nH]c2=O)CC1OP(O)(=S)OC[C@H]1O[C@@H](n2cc(C)c(N)nc2=O)CC1OP(O)(=S)OC[C@H]1O[C@@H](n2cc(C)c(=O)[nH]c2=O)CC1OP(O)(=S)OC[C@H]1O[C@@H](n2cc(C)c(=O)[nH]c2=O)CC1OP(O)(=S)OC. The van der Waals surface area contributed by atoms with Gasteiger partial charge in [0.25, 0.3) is 33.4 Å². The van der Waals surface area contributed by atoms with Crippen molar-refractivity contribution in [1.82, 2.24) is 66.9 Å². The van der Waals surface area contributed by atoms with Crippen LogP contribution in [0.15, 0.2) is 106 Å². The summed E-state index contributed by atoms with van der Waals surface area (Å²) in [4.78, 5) is 268. The lowest BCUT2D eigenvalue weighted by molar-refractivity contribution is -0.0583. The van der Waals surface area contributed by atoms with Gasteiger partial charge < -0.3 is 136 Å². The molecule has 0 radical (unpaired) electrons. The molecule has 7 aromatic rings. The summed E-state index contributed by atoms with van der Waals surface area (Å²) < 4.78 is 133. The fourth-order valence-electron chi connectivity index (χ4n) is 16.2. The van der Waals surface area contributed by atoms with Gasteiger partial charge >= 0.3 is 86.9 Å². The number of aromatic amines is 6. The zero-order chi connectivity index (χ0) is 103. The van der Waals surface area contributed by atoms with Crippen LogP contribution >= 0.6 is 47.0 Å². The van der Waals surface area contributed by atoms with Gasteiger partial charge in [-0.05, 0) is 138 Å². The number of nitrogens with zero attached hydrogens (tertiary/aromatic N) is 8. The van der Waals surface area contributed by atoms with Crippen LogP contribution in [0.2, 0.25) is 0 Å². The molecule has 784 valence electrons. The molecule has 56 nitrogen and oxygen atoms in total. The molecular formula is C72H98N15O41P7S7. The summed E-state index contributed by atoms with van der Waals surface area (Å²) in [5, 5.41) is 0. The lowest BCUT2D eigenvalue weighted by atomic mass is 10.1. The highest BCUT2D eigenvalue weighted by atomic mass is 32.5. The molecule has 7 aromatic heterocycles. The van der Waals surface area contributed by atoms with Gasteiger partial charge in [0.1, 0.15) is 86.0 Å². The van der Waals surface area contributed by atoms with Gasteiger partial charge in [0.15, 0.2) is 0 Å². The number of H-pyrrole nitrogens is 6. The van der Waals surface area contributed by atoms with Crippen LogP contribution in [0.4, 0.5) is 5.82 Å². The Morgan fingerprint density at radius 3 is 0.662 bits per heavy atom. The predicted octanol–water partition coefficient (Wildman–Crippen LogP) is -0.332. The second-order valence-electron chi connectivity index (χ2n) is 33.6. The highest BCUT2D eigenvalue weighted by molar-refractivity contribution is 8.09. The number of anilines is 1. The third kappa shape index (κ3) is 27.5. The minimum Gasteiger partial charge on any atom is -0.383 e. The van der Waals surface area contributed by atoms with Crippen LogP contribution in [0.25, 0.3) is 0 Å². The average molecular weight is 2270 g/mol. The molecule has 28 atom stereocenters. The number of nitrogens with two attached hydrogens (primary N) is 1. The van der Waals surface area contributed by atoms with Crippen molar-refractivity contribution in [2.75, 3.05) is 52.5 Å². The first kappa shape index (κ1) is 112. The zero-order valence-electron chi connectivity index (χ0n) is 75.7. The fourth-order valence-corrected chi connectivity index (χ4v) is 26.0. The van der Waals surface area contributed by atoms with Crippen molar-refractivity contribution in [2.45, 2.75) is 236 Å². The fraction of sp³-hybridized carbons (Fsp3) is 0.611. The third-order valence-corrected chi connectivity index (χ3v) is 34.6. The molecule has 142 heavy (non-hydrogen) atoms. The summed E-state index contributed by atoms with van der Waals surface area (Å²) in [6.45, 7) is -25.1. The van der Waals surface area contributed by atoms with E-state index >= 15 is 0 Å². The number of rotatable bonds is 41. The van der Waals surface area contributed by atoms with Crippen LogP contribution in [0.5, 0.6) is 0 Å². The van der Waals surface area contributed by atoms with Crippen molar-refractivity contribution in [3.8, 4) is 0 Å². The molecule has 0 aliphatic carbocycles. The molecule has 15 N–H and O–H groups in total. The van der Waals surface area contributed by atoms with Crippen LogP contribution < -0.4 is 78.9 Å². The summed E-state index contributed by atoms with van der Waals surface area (Å²) in [5.74, 6) is -0.152. The highest BCUT2D eigenvalue weighted by Gasteiger charge is 2.52. The van der Waals surface area contributed by atoms with Gasteiger partial charge in [-0.2, -0.15) is 4.98 Å². The van der Waals surface area contributed by atoms with E-state index in [9.17, 15) is 96.6 Å². The van der Waals surface area contributed by atoms with E-state index in [0.29, 0.717) is 0 Å². The molecule has 0 amide bonds. The molecule has 7 aliphatic rings. The maximum atomic E-state index is 13.6. The monoisotopic (exact) mass is 2270 g/mol. The normalized spacial score (nSPS) is 29.8. The number of hydrogen-bond donors (Lipinski definition) is 14. The molecule has 0 aromatic carbocycles. The van der Waals surface area contributed by atoms with Crippen molar-refractivity contribution >= 4 is 135 Å². The van der Waals surface area contributed by atoms with Crippen molar-refractivity contribution < 1.29 is 131 Å². The Balaban J connectivity index is 0.665. The third-order valence-electron chi connectivity index (χ3n) is 23.4. The quantitative estimate of drug-likeness (QED) is 0.0218. The van der Waals surface area contributed by atoms with Crippen LogP contribution in [-0.2, 0) is 179 Å². The minimum atomic E-state index is -4.80. The van der Waals surface area contributed by atoms with E-state index < -0.39 is 308 Å². The van der Waals surface area contributed by atoms with Gasteiger partial charge in [0, 0.05) is 134 Å². The number of nitrogens with one attached hydrogen (secondary N) is 6. The summed E-state index contributed by atoms with van der Waals surface area (Å²) in [6, 6.07) is 0. The first-order valence-electron chi connectivity index (χ1n) is 42.8. The van der Waals surface area contributed by atoms with Crippen molar-refractivity contribution in [2.24, 2.45) is 0 Å². The predicted molar refractivity (Wildman–Crippen MR) is 516 cm³/mol. The smallest absolute Gasteiger partial charge is 0.351 e. The van der Waals surface area contributed by atoms with Gasteiger partial charge in [-0.3, -0.25) is 90.6 Å². The van der Waals surface area contributed by atoms with Crippen LogP contribution in [0.1, 0.15) is 141 Å². The van der Waals surface area contributed by atoms with Gasteiger partial charge in [-0.15, -0.1) is 0 Å². The van der Waals surface area contributed by atoms with Crippen LogP contribution in [0, 0.1) is 48.5 Å². The number of hydrogen-bond acceptors (Lipinski definition) is 43. The second-order valence-corrected chi connectivity index (χ2v) is 53.2. The molecule has 7 aliphatic heterocycles. The highest BCUT2D eigenvalue weighted by Crippen LogP contribution is 2.58. The molecular weight excluding hydrogens is 2170 g/mol. The van der Waals surface area contributed by atoms with Crippen LogP contribution in [0.3, 0.4) is 0 Å². The maximum Gasteiger partial charge on any atom is 0.351 e. The van der Waals surface area contributed by atoms with Gasteiger partial charge in [-0.1, -0.05) is 6.92 Å². The Kier molecular flexibility index (Phi) is 35.6. The number of aryl methyl sites for hydroxylation is 7. The largest absolute Gasteiger partial charge is 0.383 e. The molecule has 14 rings (SSSR count). The number of nitrogen functional groups attached to an aromatic ring is 1. The summed E-state index contributed by atoms with van der Waals surface area (Å²) in [7, 11) is 1.08. The molecule has 0 saturated carbocycles. The van der Waals surface area contributed by atoms with E-state index in [1.807, 2.05) is 0 Å². The molecule has 70 heteroatoms. The van der Waals surface area contributed by atoms with E-state index in [0.717, 1.165) is 51.5 Å². The Morgan fingerprint density at radius 2 is 0.472 bits per heavy atom. The zero-order valence-corrected chi connectivity index (χ0v) is 87.7. The van der Waals surface area contributed by atoms with Gasteiger partial charge in [0.05, 0.1) is 88.5 Å². The molecule has 14 unspecified atom stereocenters. The number of ether oxygens (including phenoxy) is 7. The number of aromatic nitrogens is 14. The van der Waals surface area contributed by atoms with Crippen molar-refractivity contribution in [1.29, 1.82) is 0 Å². The van der Waals surface area contributed by atoms with E-state index in [1.165, 1.54) is 79.5 Å². The molecule has 0 bridgehead atoms. The van der Waals surface area contributed by atoms with Gasteiger partial charge in [-0.25, -0.2) is 33.6 Å². The maximum absolute atomic E-state index is 13.6. The van der Waals surface area contributed by atoms with E-state index in [4.69, 9.17) is 185 Å². The van der Waals surface area contributed by atoms with Crippen LogP contribution in [-0.4, -0.2) is 233 Å². The first-order valence-corrected chi connectivity index (χ1v) is 60.9. The lowest BCUT2D eigenvalue weighted by Gasteiger charge is -2.29. The summed E-state index contributed by atoms with van der Waals surface area (Å²) in [5.41, 5.74) is -4.03. The second kappa shape index (κ2) is 45.2. The molecule has 7 saturated heterocycles. The Bertz CT molecular complexity index is 7180. The van der Waals surface area contributed by atoms with Crippen molar-refractivity contribution in [3.63, 3.8) is 0 Å². The Hall–Kier alpha value is -5.81. The molecule has 14 heterocycles. The summed E-state index contributed by atoms with van der Waals surface area (Å²) >= 11 is 38.5. The Morgan fingerprint density at radius 1 is 0.303 bits per heavy atom. The molecule has 7 fully saturated rings. The topological polar surface area (TPSA) is 726 Å². The van der Waals surface area contributed by atoms with Crippen molar-refractivity contribution in [3.05, 3.63) is 218 Å². The lowest BCUT2D eigenvalue weighted by Crippen LogP contribution is -2.33.